The van der Waals surface area contributed by atoms with Gasteiger partial charge < -0.3 is 18.6 Å². The molecule has 30 heavy (non-hydrogen) atoms. The first-order valence-corrected chi connectivity index (χ1v) is 9.56. The summed E-state index contributed by atoms with van der Waals surface area (Å²) < 4.78 is 20.9. The van der Waals surface area contributed by atoms with Crippen LogP contribution in [0.1, 0.15) is 42.6 Å². The van der Waals surface area contributed by atoms with Crippen LogP contribution in [0.3, 0.4) is 0 Å². The molecule has 0 amide bonds. The fraction of sp³-hybridized carbons (Fsp3) is 0.261. The highest BCUT2D eigenvalue weighted by Crippen LogP contribution is 2.26. The van der Waals surface area contributed by atoms with Gasteiger partial charge in [0.15, 0.2) is 6.61 Å². The van der Waals surface area contributed by atoms with Gasteiger partial charge in [0.25, 0.3) is 0 Å². The van der Waals surface area contributed by atoms with Crippen LogP contribution in [-0.4, -0.2) is 25.2 Å². The molecule has 7 nitrogen and oxygen atoms in total. The zero-order valence-corrected chi connectivity index (χ0v) is 17.0. The van der Waals surface area contributed by atoms with Crippen molar-refractivity contribution in [2.45, 2.75) is 26.7 Å². The van der Waals surface area contributed by atoms with Crippen molar-refractivity contribution in [2.24, 2.45) is 0 Å². The second-order valence-corrected chi connectivity index (χ2v) is 6.82. The lowest BCUT2D eigenvalue weighted by molar-refractivity contribution is -0.136. The molecule has 1 heterocycles. The quantitative estimate of drug-likeness (QED) is 0.329. The van der Waals surface area contributed by atoms with E-state index in [2.05, 4.69) is 0 Å². The molecule has 0 saturated heterocycles. The van der Waals surface area contributed by atoms with Gasteiger partial charge in [-0.3, -0.25) is 0 Å². The molecule has 0 N–H and O–H groups in total. The van der Waals surface area contributed by atoms with Crippen molar-refractivity contribution in [3.8, 4) is 11.5 Å². The zero-order valence-electron chi connectivity index (χ0n) is 17.0. The number of esters is 2. The first kappa shape index (κ1) is 21.1. The first-order valence-electron chi connectivity index (χ1n) is 9.56. The molecule has 7 heteroatoms. The Morgan fingerprint density at radius 1 is 1.07 bits per heavy atom. The van der Waals surface area contributed by atoms with E-state index in [9.17, 15) is 14.4 Å². The van der Waals surface area contributed by atoms with E-state index in [-0.39, 0.29) is 36.0 Å². The number of para-hydroxylation sites is 1. The number of hydrogen-bond acceptors (Lipinski definition) is 7. The number of benzene rings is 2. The summed E-state index contributed by atoms with van der Waals surface area (Å²) in [6.45, 7) is 5.60. The molecular formula is C23H22O7. The largest absolute Gasteiger partial charge is 0.482 e. The smallest absolute Gasteiger partial charge is 0.351 e. The van der Waals surface area contributed by atoms with Crippen LogP contribution in [0.2, 0.25) is 0 Å². The number of carbonyl (C=O) groups is 2. The summed E-state index contributed by atoms with van der Waals surface area (Å²) >= 11 is 0. The lowest BCUT2D eigenvalue weighted by Crippen LogP contribution is -2.18. The van der Waals surface area contributed by atoms with E-state index in [0.29, 0.717) is 11.1 Å². The average Bonchev–Trinajstić information content (AvgIpc) is 2.72. The molecule has 0 aliphatic carbocycles. The highest BCUT2D eigenvalue weighted by molar-refractivity contribution is 5.93. The second-order valence-electron chi connectivity index (χ2n) is 6.82. The predicted molar refractivity (Wildman–Crippen MR) is 110 cm³/mol. The number of fused-ring (bicyclic) bond motifs is 1. The molecule has 0 saturated carbocycles. The van der Waals surface area contributed by atoms with Gasteiger partial charge in [-0.25, -0.2) is 14.4 Å². The minimum absolute atomic E-state index is 0.148. The van der Waals surface area contributed by atoms with Gasteiger partial charge in [-0.15, -0.1) is 0 Å². The summed E-state index contributed by atoms with van der Waals surface area (Å²) in [5.74, 6) is -0.276. The standard InChI is InChI=1S/C23H22O7/c1-4-27-22(25)18-11-15-9-10-16(12-20(15)30-23(18)26)29-21(24)13-28-19-8-6-5-7-17(19)14(2)3/h5-12,14H,4,13H2,1-3H3. The topological polar surface area (TPSA) is 92.0 Å². The van der Waals surface area contributed by atoms with Gasteiger partial charge in [-0.1, -0.05) is 32.0 Å². The maximum Gasteiger partial charge on any atom is 0.351 e. The lowest BCUT2D eigenvalue weighted by Gasteiger charge is -2.13. The van der Waals surface area contributed by atoms with Crippen LogP contribution in [0.4, 0.5) is 0 Å². The maximum atomic E-state index is 12.2. The highest BCUT2D eigenvalue weighted by atomic mass is 16.6. The van der Waals surface area contributed by atoms with Crippen LogP contribution in [0, 0.1) is 0 Å². The predicted octanol–water partition coefficient (Wildman–Crippen LogP) is 4.08. The van der Waals surface area contributed by atoms with Crippen molar-refractivity contribution in [1.29, 1.82) is 0 Å². The molecule has 2 aromatic carbocycles. The van der Waals surface area contributed by atoms with Crippen LogP contribution in [0.15, 0.2) is 57.7 Å². The molecule has 0 unspecified atom stereocenters. The molecule has 0 spiro atoms. The van der Waals surface area contributed by atoms with Crippen LogP contribution >= 0.6 is 0 Å². The van der Waals surface area contributed by atoms with Crippen molar-refractivity contribution in [2.75, 3.05) is 13.2 Å². The molecule has 0 bridgehead atoms. The third-order valence-corrected chi connectivity index (χ3v) is 4.32. The fourth-order valence-electron chi connectivity index (χ4n) is 2.89. The molecular weight excluding hydrogens is 388 g/mol. The van der Waals surface area contributed by atoms with Crippen molar-refractivity contribution < 1.29 is 28.2 Å². The Hall–Kier alpha value is -3.61. The van der Waals surface area contributed by atoms with E-state index in [1.165, 1.54) is 18.2 Å². The number of ether oxygens (including phenoxy) is 3. The number of rotatable bonds is 7. The maximum absolute atomic E-state index is 12.2. The van der Waals surface area contributed by atoms with Crippen LogP contribution < -0.4 is 15.1 Å². The highest BCUT2D eigenvalue weighted by Gasteiger charge is 2.16. The molecule has 0 atom stereocenters. The molecule has 0 fully saturated rings. The molecule has 0 aliphatic heterocycles. The van der Waals surface area contributed by atoms with Crippen LogP contribution in [0.25, 0.3) is 11.0 Å². The third-order valence-electron chi connectivity index (χ3n) is 4.32. The molecule has 3 aromatic rings. The van der Waals surface area contributed by atoms with Crippen molar-refractivity contribution in [1.82, 2.24) is 0 Å². The average molecular weight is 410 g/mol. The zero-order chi connectivity index (χ0) is 21.7. The number of carbonyl (C=O) groups excluding carboxylic acids is 2. The normalized spacial score (nSPS) is 10.8. The second kappa shape index (κ2) is 9.26. The minimum Gasteiger partial charge on any atom is -0.482 e. The van der Waals surface area contributed by atoms with Crippen LogP contribution in [-0.2, 0) is 9.53 Å². The molecule has 0 radical (unpaired) electrons. The summed E-state index contributed by atoms with van der Waals surface area (Å²) in [5.41, 5.74) is 0.170. The van der Waals surface area contributed by atoms with E-state index in [0.717, 1.165) is 5.56 Å². The minimum atomic E-state index is -0.821. The Bertz CT molecular complexity index is 1130. The summed E-state index contributed by atoms with van der Waals surface area (Å²) in [5, 5.41) is 0.500. The molecule has 156 valence electrons. The summed E-state index contributed by atoms with van der Waals surface area (Å²) in [7, 11) is 0. The van der Waals surface area contributed by atoms with Crippen molar-refractivity contribution in [3.63, 3.8) is 0 Å². The Morgan fingerprint density at radius 2 is 1.83 bits per heavy atom. The van der Waals surface area contributed by atoms with Gasteiger partial charge in [0.05, 0.1) is 6.61 Å². The van der Waals surface area contributed by atoms with Gasteiger partial charge in [0, 0.05) is 11.5 Å². The SMILES string of the molecule is CCOC(=O)c1cc2ccc(OC(=O)COc3ccccc3C(C)C)cc2oc1=O. The van der Waals surface area contributed by atoms with E-state index < -0.39 is 17.6 Å². The molecule has 3 rings (SSSR count). The third kappa shape index (κ3) is 4.86. The van der Waals surface area contributed by atoms with Crippen molar-refractivity contribution >= 4 is 22.9 Å². The molecule has 0 aliphatic rings. The van der Waals surface area contributed by atoms with E-state index in [1.54, 1.807) is 19.1 Å². The van der Waals surface area contributed by atoms with E-state index in [4.69, 9.17) is 18.6 Å². The van der Waals surface area contributed by atoms with Gasteiger partial charge in [0.1, 0.15) is 22.6 Å². The first-order chi connectivity index (χ1) is 14.4. The Morgan fingerprint density at radius 3 is 2.57 bits per heavy atom. The van der Waals surface area contributed by atoms with Crippen LogP contribution in [0.5, 0.6) is 11.5 Å². The Balaban J connectivity index is 1.71. The summed E-state index contributed by atoms with van der Waals surface area (Å²) in [6.07, 6.45) is 0. The lowest BCUT2D eigenvalue weighted by atomic mass is 10.0. The van der Waals surface area contributed by atoms with Gasteiger partial charge in [-0.2, -0.15) is 0 Å². The van der Waals surface area contributed by atoms with Gasteiger partial charge in [-0.05, 0) is 42.7 Å². The van der Waals surface area contributed by atoms with E-state index >= 15 is 0 Å². The summed E-state index contributed by atoms with van der Waals surface area (Å²) in [4.78, 5) is 36.0. The van der Waals surface area contributed by atoms with E-state index in [1.807, 2.05) is 32.0 Å². The molecule has 1 aromatic heterocycles. The van der Waals surface area contributed by atoms with Gasteiger partial charge in [0.2, 0.25) is 0 Å². The fourth-order valence-corrected chi connectivity index (χ4v) is 2.89. The number of hydrogen-bond donors (Lipinski definition) is 0. The van der Waals surface area contributed by atoms with Crippen molar-refractivity contribution in [3.05, 3.63) is 70.1 Å². The van der Waals surface area contributed by atoms with Gasteiger partial charge >= 0.3 is 17.6 Å². The summed E-state index contributed by atoms with van der Waals surface area (Å²) in [6, 6.07) is 13.4. The monoisotopic (exact) mass is 410 g/mol. The Labute approximate surface area is 173 Å². The Kier molecular flexibility index (Phi) is 6.51.